The van der Waals surface area contributed by atoms with Crippen LogP contribution in [0.5, 0.6) is 0 Å². The monoisotopic (exact) mass is 1250 g/mol. The quantitative estimate of drug-likeness (QED) is 0.226. The molecular weight excluding hydrogens is 1150 g/mol. The normalized spacial score (nSPS) is 25.3. The third kappa shape index (κ3) is 21.1. The van der Waals surface area contributed by atoms with Crippen LogP contribution >= 0.6 is 0 Å². The Morgan fingerprint density at radius 1 is 0.614 bits per heavy atom. The summed E-state index contributed by atoms with van der Waals surface area (Å²) in [5.41, 5.74) is -3.19. The van der Waals surface area contributed by atoms with E-state index in [0.29, 0.717) is 18.6 Å². The number of hydrogen-bond donors (Lipinski definition) is 4. The van der Waals surface area contributed by atoms with Gasteiger partial charge < -0.3 is 55.6 Å². The maximum absolute atomic E-state index is 14.9. The summed E-state index contributed by atoms with van der Waals surface area (Å²) in [6.07, 6.45) is -0.824. The van der Waals surface area contributed by atoms with Crippen molar-refractivity contribution >= 4 is 65.0 Å². The number of carbonyl (C=O) groups excluding carboxylic acids is 11. The van der Waals surface area contributed by atoms with Crippen molar-refractivity contribution in [3.05, 3.63) is 35.1 Å². The summed E-state index contributed by atoms with van der Waals surface area (Å²) < 4.78 is 55.6. The molecule has 0 spiro atoms. The molecule has 0 bridgehead atoms. The number of benzene rings is 1. The van der Waals surface area contributed by atoms with E-state index in [1.807, 2.05) is 20.8 Å². The van der Waals surface area contributed by atoms with Gasteiger partial charge in [-0.15, -0.1) is 0 Å². The average molecular weight is 1250 g/mol. The van der Waals surface area contributed by atoms with E-state index < -0.39 is 156 Å². The Balaban J connectivity index is 2.18. The van der Waals surface area contributed by atoms with Crippen LogP contribution in [-0.2, 0) is 65.3 Å². The molecule has 0 radical (unpaired) electrons. The molecule has 1 aromatic carbocycles. The first kappa shape index (κ1) is 75.4. The smallest absolute Gasteiger partial charge is 0.343 e. The summed E-state index contributed by atoms with van der Waals surface area (Å²) in [6, 6.07) is -6.02. The molecule has 0 unspecified atom stereocenters. The fraction of sp³-hybridized carbons (Fsp3) is 0.726. The van der Waals surface area contributed by atoms with Crippen LogP contribution in [0.1, 0.15) is 151 Å². The summed E-state index contributed by atoms with van der Waals surface area (Å²) in [5.74, 6) is -10.1. The number of hydrogen-bond acceptors (Lipinski definition) is 11. The molecule has 26 heteroatoms. The Hall–Kier alpha value is -6.89. The zero-order chi connectivity index (χ0) is 67.0. The van der Waals surface area contributed by atoms with Gasteiger partial charge in [0.25, 0.3) is 0 Å². The van der Waals surface area contributed by atoms with Crippen LogP contribution in [0.3, 0.4) is 0 Å². The van der Waals surface area contributed by atoms with E-state index >= 15 is 0 Å². The summed E-state index contributed by atoms with van der Waals surface area (Å²) in [6.45, 7) is 15.0. The molecule has 496 valence electrons. The molecule has 4 N–H and O–H groups in total. The predicted octanol–water partition coefficient (Wildman–Crippen LogP) is 4.36. The molecule has 1 aromatic rings. The van der Waals surface area contributed by atoms with Gasteiger partial charge in [-0.05, 0) is 101 Å². The first-order valence-electron chi connectivity index (χ1n) is 30.6. The van der Waals surface area contributed by atoms with E-state index in [9.17, 15) is 70.3 Å². The van der Waals surface area contributed by atoms with Crippen molar-refractivity contribution in [1.29, 1.82) is 0 Å². The second-order valence-corrected chi connectivity index (χ2v) is 25.7. The highest BCUT2D eigenvalue weighted by molar-refractivity contribution is 5.98. The highest BCUT2D eigenvalue weighted by Crippen LogP contribution is 2.32. The molecule has 1 aliphatic carbocycles. The van der Waals surface area contributed by atoms with E-state index in [2.05, 4.69) is 21.3 Å². The zero-order valence-corrected chi connectivity index (χ0v) is 54.8. The lowest BCUT2D eigenvalue weighted by Crippen LogP contribution is -2.63. The van der Waals surface area contributed by atoms with Crippen molar-refractivity contribution in [2.45, 2.75) is 200 Å². The van der Waals surface area contributed by atoms with Gasteiger partial charge in [-0.1, -0.05) is 86.1 Å². The Kier molecular flexibility index (Phi) is 28.3. The number of rotatable bonds is 11. The molecule has 0 aromatic heterocycles. The Morgan fingerprint density at radius 2 is 1.17 bits per heavy atom. The van der Waals surface area contributed by atoms with Crippen molar-refractivity contribution in [2.24, 2.45) is 23.7 Å². The van der Waals surface area contributed by atoms with Crippen LogP contribution in [0.15, 0.2) is 18.2 Å². The van der Waals surface area contributed by atoms with Gasteiger partial charge in [-0.2, -0.15) is 13.2 Å². The molecule has 88 heavy (non-hydrogen) atoms. The van der Waals surface area contributed by atoms with Crippen molar-refractivity contribution in [3.63, 3.8) is 0 Å². The molecule has 1 heterocycles. The molecular formula is C62H99F4N11O11. The standard InChI is InChI=1S/C62H99F4N11O11/c1-18-38(6)53-59(87)73(13)34-51(80)71(11)35-52(81)76(16)48(32-41-22-20-19-21-23-41)58(86)72(12)33-49(78)67-45(27-25-42-24-26-43(44(63)31-42)62(64,65)66)55(83)68-47(29-37(4)5)57(85)77(17)61(9,10)60(88)69-46(28-36(2)3)56(84)74(14)39(7)30-50(79)75(15)40(8)54(82)70-53/h24,26,31,36-41,45-48,53H,18-23,25,27-30,32-35H2,1-17H3,(H,67,78)(H,68,83)(H,69,88)(H,70,82)/t38-,39+,40-,45-,46-,47-,48-,53-/m0/s1. The maximum atomic E-state index is 14.9. The van der Waals surface area contributed by atoms with Crippen molar-refractivity contribution in [3.8, 4) is 0 Å². The molecule has 22 nitrogen and oxygen atoms in total. The summed E-state index contributed by atoms with van der Waals surface area (Å²) in [7, 11) is 9.67. The Morgan fingerprint density at radius 3 is 1.72 bits per heavy atom. The minimum absolute atomic E-state index is 0.00296. The maximum Gasteiger partial charge on any atom is 0.419 e. The number of amides is 11. The largest absolute Gasteiger partial charge is 0.419 e. The highest BCUT2D eigenvalue weighted by Gasteiger charge is 2.43. The van der Waals surface area contributed by atoms with Crippen LogP contribution in [0, 0.1) is 29.5 Å². The second kappa shape index (κ2) is 33.1. The number of nitrogens with one attached hydrogen (secondary N) is 4. The number of carbonyl (C=O) groups is 11. The highest BCUT2D eigenvalue weighted by atomic mass is 19.4. The molecule has 1 saturated carbocycles. The summed E-state index contributed by atoms with van der Waals surface area (Å²) in [4.78, 5) is 165. The Labute approximate surface area is 517 Å². The van der Waals surface area contributed by atoms with E-state index in [-0.39, 0.29) is 61.8 Å². The number of alkyl halides is 3. The van der Waals surface area contributed by atoms with Gasteiger partial charge in [-0.25, -0.2) is 4.39 Å². The van der Waals surface area contributed by atoms with Crippen molar-refractivity contribution < 1.29 is 70.3 Å². The van der Waals surface area contributed by atoms with Crippen LogP contribution < -0.4 is 21.3 Å². The molecule has 11 amide bonds. The van der Waals surface area contributed by atoms with E-state index in [0.717, 1.165) is 57.8 Å². The van der Waals surface area contributed by atoms with Gasteiger partial charge in [0.15, 0.2) is 0 Å². The summed E-state index contributed by atoms with van der Waals surface area (Å²) in [5, 5.41) is 10.9. The number of nitrogens with zero attached hydrogens (tertiary/aromatic N) is 7. The van der Waals surface area contributed by atoms with E-state index in [1.165, 1.54) is 84.8 Å². The van der Waals surface area contributed by atoms with Gasteiger partial charge in [0, 0.05) is 61.8 Å². The van der Waals surface area contributed by atoms with Crippen molar-refractivity contribution in [2.75, 3.05) is 69.0 Å². The van der Waals surface area contributed by atoms with Gasteiger partial charge in [0.2, 0.25) is 65.0 Å². The zero-order valence-electron chi connectivity index (χ0n) is 54.8. The molecule has 1 saturated heterocycles. The number of likely N-dealkylation sites (N-methyl/N-ethyl adjacent to an activating group) is 7. The third-order valence-electron chi connectivity index (χ3n) is 17.4. The van der Waals surface area contributed by atoms with E-state index in [1.54, 1.807) is 27.7 Å². The van der Waals surface area contributed by atoms with Crippen LogP contribution in [-0.4, -0.2) is 216 Å². The first-order valence-corrected chi connectivity index (χ1v) is 30.6. The topological polar surface area (TPSA) is 259 Å². The fourth-order valence-electron chi connectivity index (χ4n) is 10.7. The lowest BCUT2D eigenvalue weighted by Gasteiger charge is -2.39. The molecule has 1 aliphatic heterocycles. The fourth-order valence-corrected chi connectivity index (χ4v) is 10.7. The minimum Gasteiger partial charge on any atom is -0.343 e. The first-order chi connectivity index (χ1) is 40.7. The van der Waals surface area contributed by atoms with Crippen LogP contribution in [0.2, 0.25) is 0 Å². The molecule has 2 fully saturated rings. The molecule has 3 rings (SSSR count). The average Bonchev–Trinajstić information content (AvgIpc) is 2.45. The van der Waals surface area contributed by atoms with Crippen LogP contribution in [0.4, 0.5) is 17.6 Å². The number of halogens is 4. The number of aryl methyl sites for hydroxylation is 1. The predicted molar refractivity (Wildman–Crippen MR) is 322 cm³/mol. The summed E-state index contributed by atoms with van der Waals surface area (Å²) >= 11 is 0. The lowest BCUT2D eigenvalue weighted by molar-refractivity contribution is -0.149. The lowest BCUT2D eigenvalue weighted by atomic mass is 9.84. The van der Waals surface area contributed by atoms with Gasteiger partial charge >= 0.3 is 6.18 Å². The third-order valence-corrected chi connectivity index (χ3v) is 17.4. The van der Waals surface area contributed by atoms with Crippen LogP contribution in [0.25, 0.3) is 0 Å². The SMILES string of the molecule is CC[C@H](C)[C@@H]1NC(=O)[C@H](C)N(C)C(=O)C[C@@H](C)N(C)C(=O)[C@H](CC(C)C)NC(=O)C(C)(C)N(C)C(=O)[C@H](CC(C)C)NC(=O)[C@H](CCc2ccc(C(F)(F)F)c(F)c2)NC(=O)CN(C)C(=O)[C@H](CC2CCCCC2)N(C)C(=O)CN(C)C(=O)CN(C)C1=O. The van der Waals surface area contributed by atoms with Gasteiger partial charge in [-0.3, -0.25) is 52.7 Å². The van der Waals surface area contributed by atoms with Crippen molar-refractivity contribution in [1.82, 2.24) is 55.6 Å². The second-order valence-electron chi connectivity index (χ2n) is 25.7. The van der Waals surface area contributed by atoms with Gasteiger partial charge in [0.1, 0.15) is 47.6 Å². The molecule has 8 atom stereocenters. The molecule has 2 aliphatic rings. The van der Waals surface area contributed by atoms with E-state index in [4.69, 9.17) is 0 Å². The minimum atomic E-state index is -5.00. The Bertz CT molecular complexity index is 2650. The van der Waals surface area contributed by atoms with Gasteiger partial charge in [0.05, 0.1) is 25.2 Å².